The Balaban J connectivity index is 1.26. The van der Waals surface area contributed by atoms with E-state index in [0.717, 1.165) is 23.7 Å². The van der Waals surface area contributed by atoms with Crippen LogP contribution in [0.4, 0.5) is 0 Å². The van der Waals surface area contributed by atoms with Crippen LogP contribution in [0.2, 0.25) is 0 Å². The van der Waals surface area contributed by atoms with E-state index in [2.05, 4.69) is 52.8 Å². The molecule has 8 atom stereocenters. The third-order valence-corrected chi connectivity index (χ3v) is 13.4. The summed E-state index contributed by atoms with van der Waals surface area (Å²) in [5.41, 5.74) is 4.63. The number of allylic oxidation sites excluding steroid dienone is 2. The minimum atomic E-state index is -0.475. The maximum atomic E-state index is 12.6. The highest BCUT2D eigenvalue weighted by Crippen LogP contribution is 2.72. The average Bonchev–Trinajstić information content (AvgIpc) is 3.25. The maximum absolute atomic E-state index is 12.6. The van der Waals surface area contributed by atoms with Crippen molar-refractivity contribution < 1.29 is 9.53 Å². The van der Waals surface area contributed by atoms with Crippen molar-refractivity contribution in [2.45, 2.75) is 125 Å². The number of hydrogen-bond donors (Lipinski definition) is 0. The molecule has 0 saturated heterocycles. The number of carbonyl (C=O) groups excluding carboxylic acids is 1. The number of esters is 1. The largest absolute Gasteiger partial charge is 0.456 e. The lowest BCUT2D eigenvalue weighted by molar-refractivity contribution is -0.170. The molecule has 214 valence electrons. The van der Waals surface area contributed by atoms with Gasteiger partial charge in [0.2, 0.25) is 0 Å². The fourth-order valence-electron chi connectivity index (χ4n) is 11.6. The fourth-order valence-corrected chi connectivity index (χ4v) is 11.6. The monoisotopic (exact) mass is 530 g/mol. The van der Waals surface area contributed by atoms with Crippen LogP contribution >= 0.6 is 0 Å². The van der Waals surface area contributed by atoms with E-state index < -0.39 is 5.60 Å². The number of carbonyl (C=O) groups is 1. The van der Waals surface area contributed by atoms with Gasteiger partial charge in [0.1, 0.15) is 5.60 Å². The molecule has 0 N–H and O–H groups in total. The first-order valence-electron chi connectivity index (χ1n) is 16.2. The first-order valence-corrected chi connectivity index (χ1v) is 16.2. The van der Waals surface area contributed by atoms with Gasteiger partial charge in [0.15, 0.2) is 0 Å². The number of fused-ring (bicyclic) bond motifs is 7. The Morgan fingerprint density at radius 2 is 1.38 bits per heavy atom. The summed E-state index contributed by atoms with van der Waals surface area (Å²) >= 11 is 0. The van der Waals surface area contributed by atoms with Crippen LogP contribution in [0.3, 0.4) is 0 Å². The zero-order valence-corrected chi connectivity index (χ0v) is 26.2. The zero-order chi connectivity index (χ0) is 28.0. The lowest BCUT2D eigenvalue weighted by atomic mass is 9.37. The van der Waals surface area contributed by atoms with Crippen molar-refractivity contribution in [2.24, 2.45) is 51.2 Å². The SMILES string of the molecule is CC(C)(C)OC(=O)c1ccc(C2=CC[C@@]3(C)C(CCC4[C@@H]3CCC3[C@H]5CCC[C@]5(C)CC[C@]34C)C2(C)C)cc1. The minimum absolute atomic E-state index is 0.125. The Morgan fingerprint density at radius 1 is 0.769 bits per heavy atom. The molecular formula is C37H54O2. The first kappa shape index (κ1) is 27.6. The molecule has 0 amide bonds. The molecule has 4 saturated carbocycles. The van der Waals surface area contributed by atoms with Crippen LogP contribution in [0.1, 0.15) is 136 Å². The number of benzene rings is 1. The van der Waals surface area contributed by atoms with Gasteiger partial charge in [-0.25, -0.2) is 4.79 Å². The van der Waals surface area contributed by atoms with Gasteiger partial charge in [-0.15, -0.1) is 0 Å². The standard InChI is InChI=1S/C37H54O2/c1-33(2,3)39-32(38)25-13-11-24(12-14-25)26-19-21-37(8)30-16-15-28-27-10-9-20-35(27,6)22-23-36(28,7)29(30)17-18-31(37)34(26,4)5/h11-14,19,27-31H,9-10,15-18,20-23H2,1-8H3/t27-,28?,29?,30+,31?,35-,36-,37-/m1/s1. The van der Waals surface area contributed by atoms with Crippen LogP contribution in [-0.4, -0.2) is 11.6 Å². The second kappa shape index (κ2) is 8.96. The molecule has 2 heteroatoms. The molecule has 0 aliphatic heterocycles. The lowest BCUT2D eigenvalue weighted by Gasteiger charge is -2.67. The van der Waals surface area contributed by atoms with Gasteiger partial charge in [-0.3, -0.25) is 0 Å². The second-order valence-electron chi connectivity index (χ2n) is 16.8. The predicted molar refractivity (Wildman–Crippen MR) is 161 cm³/mol. The van der Waals surface area contributed by atoms with Crippen LogP contribution in [0.15, 0.2) is 30.3 Å². The van der Waals surface area contributed by atoms with Crippen LogP contribution in [0.25, 0.3) is 5.57 Å². The van der Waals surface area contributed by atoms with E-state index >= 15 is 0 Å². The van der Waals surface area contributed by atoms with E-state index in [4.69, 9.17) is 4.74 Å². The fraction of sp³-hybridized carbons (Fsp3) is 0.757. The number of hydrogen-bond acceptors (Lipinski definition) is 2. The van der Waals surface area contributed by atoms with E-state index in [0.29, 0.717) is 27.7 Å². The van der Waals surface area contributed by atoms with E-state index in [1.807, 2.05) is 32.9 Å². The summed E-state index contributed by atoms with van der Waals surface area (Å²) in [5, 5.41) is 0. The zero-order valence-electron chi connectivity index (χ0n) is 26.2. The van der Waals surface area contributed by atoms with Crippen LogP contribution in [0.5, 0.6) is 0 Å². The second-order valence-corrected chi connectivity index (χ2v) is 16.8. The molecule has 1 aromatic rings. The van der Waals surface area contributed by atoms with Gasteiger partial charge in [-0.1, -0.05) is 59.2 Å². The third-order valence-electron chi connectivity index (χ3n) is 13.4. The summed E-state index contributed by atoms with van der Waals surface area (Å²) in [5.74, 6) is 4.18. The van der Waals surface area contributed by atoms with Gasteiger partial charge in [0.05, 0.1) is 5.56 Å². The van der Waals surface area contributed by atoms with E-state index in [1.165, 1.54) is 75.3 Å². The normalized spacial score (nSPS) is 42.9. The van der Waals surface area contributed by atoms with Gasteiger partial charge in [-0.05, 0) is 153 Å². The summed E-state index contributed by atoms with van der Waals surface area (Å²) < 4.78 is 5.61. The van der Waals surface area contributed by atoms with Crippen molar-refractivity contribution in [2.75, 3.05) is 0 Å². The molecule has 2 nitrogen and oxygen atoms in total. The van der Waals surface area contributed by atoms with E-state index in [-0.39, 0.29) is 11.4 Å². The number of ether oxygens (including phenoxy) is 1. The first-order chi connectivity index (χ1) is 18.2. The Kier molecular flexibility index (Phi) is 6.34. The summed E-state index contributed by atoms with van der Waals surface area (Å²) in [6.07, 6.45) is 16.9. The Labute approximate surface area is 238 Å². The van der Waals surface area contributed by atoms with E-state index in [9.17, 15) is 4.79 Å². The summed E-state index contributed by atoms with van der Waals surface area (Å²) in [4.78, 5) is 12.6. The van der Waals surface area contributed by atoms with Crippen LogP contribution in [0, 0.1) is 51.2 Å². The molecule has 3 unspecified atom stereocenters. The van der Waals surface area contributed by atoms with Gasteiger partial charge in [0.25, 0.3) is 0 Å². The average molecular weight is 531 g/mol. The quantitative estimate of drug-likeness (QED) is 0.356. The Hall–Kier alpha value is -1.57. The highest BCUT2D eigenvalue weighted by Gasteiger charge is 2.64. The number of rotatable bonds is 2. The van der Waals surface area contributed by atoms with Crippen molar-refractivity contribution in [1.29, 1.82) is 0 Å². The molecular weight excluding hydrogens is 476 g/mol. The summed E-state index contributed by atoms with van der Waals surface area (Å²) in [6, 6.07) is 8.25. The minimum Gasteiger partial charge on any atom is -0.456 e. The Morgan fingerprint density at radius 3 is 2.05 bits per heavy atom. The van der Waals surface area contributed by atoms with Gasteiger partial charge >= 0.3 is 5.97 Å². The van der Waals surface area contributed by atoms with Crippen molar-refractivity contribution in [3.05, 3.63) is 41.5 Å². The van der Waals surface area contributed by atoms with Crippen molar-refractivity contribution in [3.8, 4) is 0 Å². The van der Waals surface area contributed by atoms with Crippen LogP contribution < -0.4 is 0 Å². The van der Waals surface area contributed by atoms with Crippen molar-refractivity contribution in [3.63, 3.8) is 0 Å². The maximum Gasteiger partial charge on any atom is 0.338 e. The molecule has 1 aromatic carbocycles. The molecule has 0 aromatic heterocycles. The van der Waals surface area contributed by atoms with Gasteiger partial charge in [-0.2, -0.15) is 0 Å². The third kappa shape index (κ3) is 4.20. The highest BCUT2D eigenvalue weighted by molar-refractivity contribution is 5.90. The van der Waals surface area contributed by atoms with E-state index in [1.54, 1.807) is 0 Å². The molecule has 0 spiro atoms. The lowest BCUT2D eigenvalue weighted by Crippen LogP contribution is -2.60. The molecule has 5 aliphatic rings. The highest BCUT2D eigenvalue weighted by atomic mass is 16.6. The molecule has 0 bridgehead atoms. The molecule has 4 fully saturated rings. The van der Waals surface area contributed by atoms with Crippen molar-refractivity contribution in [1.82, 2.24) is 0 Å². The smallest absolute Gasteiger partial charge is 0.338 e. The van der Waals surface area contributed by atoms with Gasteiger partial charge < -0.3 is 4.74 Å². The molecule has 6 rings (SSSR count). The van der Waals surface area contributed by atoms with Crippen molar-refractivity contribution >= 4 is 11.5 Å². The molecule has 0 radical (unpaired) electrons. The summed E-state index contributed by atoms with van der Waals surface area (Å²) in [7, 11) is 0. The predicted octanol–water partition coefficient (Wildman–Crippen LogP) is 10.1. The van der Waals surface area contributed by atoms with Gasteiger partial charge in [0, 0.05) is 0 Å². The molecule has 0 heterocycles. The van der Waals surface area contributed by atoms with Crippen LogP contribution in [-0.2, 0) is 4.74 Å². The molecule has 5 aliphatic carbocycles. The molecule has 39 heavy (non-hydrogen) atoms. The topological polar surface area (TPSA) is 26.3 Å². The Bertz CT molecular complexity index is 1150. The summed E-state index contributed by atoms with van der Waals surface area (Å²) in [6.45, 7) is 18.9.